The smallest absolute Gasteiger partial charge is 0.306 e. The molecule has 1 aliphatic rings. The number of hydrogen-bond acceptors (Lipinski definition) is 4. The van der Waals surface area contributed by atoms with E-state index in [1.54, 1.807) is 35.8 Å². The van der Waals surface area contributed by atoms with Crippen molar-refractivity contribution in [3.05, 3.63) is 54.2 Å². The number of guanidine groups is 2. The van der Waals surface area contributed by atoms with Crippen LogP contribution in [0, 0.1) is 0 Å². The molecule has 2 heterocycles. The maximum Gasteiger partial charge on any atom is 0.306 e. The summed E-state index contributed by atoms with van der Waals surface area (Å²) in [7, 11) is 3.98. The predicted octanol–water partition coefficient (Wildman–Crippen LogP) is 0.404. The number of nitrogens with two attached hydrogens (primary N) is 3. The van der Waals surface area contributed by atoms with Crippen molar-refractivity contribution in [2.24, 2.45) is 21.5 Å². The molecular formula is C21H29N8O+. The molecule has 0 unspecified atom stereocenters. The number of carbonyl (C=O) groups is 1. The summed E-state index contributed by atoms with van der Waals surface area (Å²) in [5.41, 5.74) is 13.0. The summed E-state index contributed by atoms with van der Waals surface area (Å²) in [6, 6.07) is 12.8. The molecule has 30 heavy (non-hydrogen) atoms. The van der Waals surface area contributed by atoms with Gasteiger partial charge in [0.05, 0.1) is 5.69 Å². The fourth-order valence-corrected chi connectivity index (χ4v) is 3.36. The summed E-state index contributed by atoms with van der Waals surface area (Å²) >= 11 is 0. The summed E-state index contributed by atoms with van der Waals surface area (Å²) in [5.74, 6) is 0.937. The molecule has 9 nitrogen and oxygen atoms in total. The molecule has 158 valence electrons. The maximum atomic E-state index is 12.8. The lowest BCUT2D eigenvalue weighted by Gasteiger charge is -2.35. The first kappa shape index (κ1) is 21.4. The van der Waals surface area contributed by atoms with Crippen molar-refractivity contribution in [1.29, 1.82) is 0 Å². The molecular weight excluding hydrogens is 380 g/mol. The Morgan fingerprint density at radius 2 is 1.87 bits per heavy atom. The van der Waals surface area contributed by atoms with E-state index in [9.17, 15) is 4.79 Å². The Kier molecular flexibility index (Phi) is 7.10. The van der Waals surface area contributed by atoms with Crippen LogP contribution in [0.1, 0.15) is 23.2 Å². The number of nitrogens with zero attached hydrogens (tertiary/aromatic N) is 5. The number of benzene rings is 1. The van der Waals surface area contributed by atoms with Gasteiger partial charge < -0.3 is 21.3 Å². The van der Waals surface area contributed by atoms with Crippen LogP contribution < -0.4 is 16.8 Å². The number of piperidine rings is 1. The Balaban J connectivity index is 1.61. The number of aromatic nitrogens is 1. The number of pyridine rings is 1. The molecule has 1 aromatic heterocycles. The normalized spacial score (nSPS) is 16.5. The van der Waals surface area contributed by atoms with E-state index in [1.165, 1.54) is 0 Å². The second-order valence-electron chi connectivity index (χ2n) is 7.40. The second-order valence-corrected chi connectivity index (χ2v) is 7.40. The third-order valence-corrected chi connectivity index (χ3v) is 5.14. The van der Waals surface area contributed by atoms with Crippen LogP contribution in [0.5, 0.6) is 0 Å². The average molecular weight is 410 g/mol. The van der Waals surface area contributed by atoms with E-state index in [0.29, 0.717) is 17.1 Å². The largest absolute Gasteiger partial charge is 0.368 e. The summed E-state index contributed by atoms with van der Waals surface area (Å²) < 4.78 is 0. The van der Waals surface area contributed by atoms with Crippen LogP contribution in [-0.2, 0) is 0 Å². The first-order chi connectivity index (χ1) is 14.4. The molecule has 1 aromatic carbocycles. The average Bonchev–Trinajstić information content (AvgIpc) is 2.74. The number of likely N-dealkylation sites (tertiary alicyclic amines) is 1. The molecule has 1 saturated heterocycles. The van der Waals surface area contributed by atoms with Gasteiger partial charge in [-0.3, -0.25) is 4.79 Å². The highest BCUT2D eigenvalue weighted by Gasteiger charge is 2.24. The number of rotatable bonds is 4. The molecule has 0 spiro atoms. The standard InChI is InChI=1S/C21H28N8O/c1-28-13-10-17(11-14-28)29(2)19(30)15-6-8-16(9-7-15)25-20(22)27-21(23)26-18-5-3-4-12-24-18/h3-9,12,17H,10-11,13-14H2,1-2H3,(H5,22,23,24,25,26,27)/p+1. The van der Waals surface area contributed by atoms with Crippen molar-refractivity contribution >= 4 is 29.3 Å². The second kappa shape index (κ2) is 9.95. The highest BCUT2D eigenvalue weighted by atomic mass is 16.2. The summed E-state index contributed by atoms with van der Waals surface area (Å²) in [6.07, 6.45) is 3.66. The minimum atomic E-state index is 0.0141. The van der Waals surface area contributed by atoms with Crippen LogP contribution in [0.15, 0.2) is 58.6 Å². The highest BCUT2D eigenvalue weighted by Crippen LogP contribution is 2.19. The number of amides is 1. The minimum Gasteiger partial charge on any atom is -0.368 e. The zero-order valence-corrected chi connectivity index (χ0v) is 17.4. The number of aliphatic imine (C=N–C) groups is 2. The Bertz CT molecular complexity index is 902. The third kappa shape index (κ3) is 5.85. The number of carbonyl (C=O) groups excluding carboxylic acids is 1. The molecule has 0 atom stereocenters. The lowest BCUT2D eigenvalue weighted by Crippen LogP contribution is -2.85. The predicted molar refractivity (Wildman–Crippen MR) is 118 cm³/mol. The van der Waals surface area contributed by atoms with Crippen LogP contribution in [0.2, 0.25) is 0 Å². The molecule has 9 heteroatoms. The summed E-state index contributed by atoms with van der Waals surface area (Å²) in [6.45, 7) is 2.02. The topological polar surface area (TPSA) is 130 Å². The van der Waals surface area contributed by atoms with E-state index in [-0.39, 0.29) is 23.9 Å². The van der Waals surface area contributed by atoms with Gasteiger partial charge in [-0.15, -0.1) is 4.99 Å². The van der Waals surface area contributed by atoms with Gasteiger partial charge in [-0.2, -0.15) is 0 Å². The number of quaternary nitrogens is 1. The molecule has 0 bridgehead atoms. The Labute approximate surface area is 176 Å². The van der Waals surface area contributed by atoms with Gasteiger partial charge in [0.15, 0.2) is 0 Å². The van der Waals surface area contributed by atoms with Gasteiger partial charge in [-0.1, -0.05) is 6.07 Å². The summed E-state index contributed by atoms with van der Waals surface area (Å²) in [4.78, 5) is 29.4. The third-order valence-electron chi connectivity index (χ3n) is 5.14. The molecule has 1 amide bonds. The zero-order valence-electron chi connectivity index (χ0n) is 17.4. The fourth-order valence-electron chi connectivity index (χ4n) is 3.36. The molecule has 1 fully saturated rings. The SMILES string of the molecule is CN1CCC(N(C)C(=O)c2ccc(N=C(N)N=C(N)[NH2+]c3ccccn3)cc2)CC1. The molecule has 1 aliphatic heterocycles. The Morgan fingerprint density at radius 3 is 2.50 bits per heavy atom. The van der Waals surface area contributed by atoms with Gasteiger partial charge in [-0.25, -0.2) is 15.3 Å². The Morgan fingerprint density at radius 1 is 1.17 bits per heavy atom. The van der Waals surface area contributed by atoms with Gasteiger partial charge in [0.2, 0.25) is 11.8 Å². The minimum absolute atomic E-state index is 0.0141. The van der Waals surface area contributed by atoms with Gasteiger partial charge >= 0.3 is 5.96 Å². The quantitative estimate of drug-likeness (QED) is 0.497. The molecule has 3 rings (SSSR count). The van der Waals surface area contributed by atoms with E-state index < -0.39 is 0 Å². The van der Waals surface area contributed by atoms with Crippen LogP contribution in [0.3, 0.4) is 0 Å². The van der Waals surface area contributed by atoms with Crippen molar-refractivity contribution in [2.75, 3.05) is 27.2 Å². The zero-order chi connectivity index (χ0) is 21.5. The maximum absolute atomic E-state index is 12.8. The van der Waals surface area contributed by atoms with E-state index >= 15 is 0 Å². The van der Waals surface area contributed by atoms with Crippen LogP contribution >= 0.6 is 0 Å². The van der Waals surface area contributed by atoms with Gasteiger partial charge in [0.1, 0.15) is 0 Å². The van der Waals surface area contributed by atoms with E-state index in [1.807, 2.05) is 30.1 Å². The van der Waals surface area contributed by atoms with Crippen molar-refractivity contribution in [2.45, 2.75) is 18.9 Å². The van der Waals surface area contributed by atoms with Gasteiger partial charge in [-0.05, 0) is 63.3 Å². The van der Waals surface area contributed by atoms with Crippen molar-refractivity contribution < 1.29 is 10.1 Å². The molecule has 6 N–H and O–H groups in total. The molecule has 0 saturated carbocycles. The van der Waals surface area contributed by atoms with E-state index in [4.69, 9.17) is 11.5 Å². The van der Waals surface area contributed by atoms with Gasteiger partial charge in [0, 0.05) is 30.9 Å². The molecule has 0 radical (unpaired) electrons. The highest BCUT2D eigenvalue weighted by molar-refractivity contribution is 5.95. The van der Waals surface area contributed by atoms with Crippen LogP contribution in [0.25, 0.3) is 0 Å². The Hall–Kier alpha value is -3.30. The molecule has 2 aromatic rings. The van der Waals surface area contributed by atoms with Crippen LogP contribution in [0.4, 0.5) is 11.5 Å². The van der Waals surface area contributed by atoms with E-state index in [2.05, 4.69) is 26.9 Å². The first-order valence-electron chi connectivity index (χ1n) is 9.92. The van der Waals surface area contributed by atoms with Crippen molar-refractivity contribution in [3.8, 4) is 0 Å². The van der Waals surface area contributed by atoms with Crippen molar-refractivity contribution in [3.63, 3.8) is 0 Å². The number of hydrogen-bond donors (Lipinski definition) is 3. The fraction of sp³-hybridized carbons (Fsp3) is 0.333. The van der Waals surface area contributed by atoms with Crippen LogP contribution in [-0.4, -0.2) is 65.8 Å². The lowest BCUT2D eigenvalue weighted by molar-refractivity contribution is -0.450. The summed E-state index contributed by atoms with van der Waals surface area (Å²) in [5, 5.41) is 1.61. The van der Waals surface area contributed by atoms with Crippen molar-refractivity contribution in [1.82, 2.24) is 14.8 Å². The monoisotopic (exact) mass is 409 g/mol. The van der Waals surface area contributed by atoms with E-state index in [0.717, 1.165) is 25.9 Å². The first-order valence-corrected chi connectivity index (χ1v) is 9.92. The lowest BCUT2D eigenvalue weighted by atomic mass is 10.0. The molecule has 0 aliphatic carbocycles. The van der Waals surface area contributed by atoms with Gasteiger partial charge in [0.25, 0.3) is 5.91 Å².